The average Bonchev–Trinajstić information content (AvgIpc) is 3.29. The number of aliphatic carboxylic acids is 3. The van der Waals surface area contributed by atoms with E-state index in [9.17, 15) is 58.5 Å². The van der Waals surface area contributed by atoms with Crippen molar-refractivity contribution in [2.45, 2.75) is 174 Å². The third-order valence-electron chi connectivity index (χ3n) is 11.4. The highest BCUT2D eigenvalue weighted by Crippen LogP contribution is 2.19. The Hall–Kier alpha value is -3.46. The molecule has 0 aromatic heterocycles. The van der Waals surface area contributed by atoms with Gasteiger partial charge in [0.2, 0.25) is 0 Å². The number of carbonyl (C=O) groups is 9. The molecule has 0 saturated carbocycles. The molecule has 0 aliphatic rings. The van der Waals surface area contributed by atoms with Crippen molar-refractivity contribution in [2.24, 2.45) is 17.8 Å². The summed E-state index contributed by atoms with van der Waals surface area (Å²) in [4.78, 5) is 106. The van der Waals surface area contributed by atoms with Crippen LogP contribution in [0.5, 0.6) is 0 Å². The third-order valence-corrected chi connectivity index (χ3v) is 12.6. The first kappa shape index (κ1) is 65.5. The second-order valence-corrected chi connectivity index (χ2v) is 19.0. The Bertz CT molecular complexity index is 1450. The van der Waals surface area contributed by atoms with Crippen LogP contribution in [0.3, 0.4) is 0 Å². The molecule has 18 nitrogen and oxygen atoms in total. The maximum Gasteiger partial charge on any atom is 0.322 e. The van der Waals surface area contributed by atoms with Crippen LogP contribution >= 0.6 is 11.8 Å². The van der Waals surface area contributed by atoms with E-state index in [1.165, 1.54) is 0 Å². The number of hydrazine groups is 1. The average molecular weight is 1000 g/mol. The van der Waals surface area contributed by atoms with E-state index >= 15 is 0 Å². The molecule has 0 radical (unpaired) electrons. The number of rotatable bonds is 54. The Labute approximate surface area is 414 Å². The largest absolute Gasteiger partial charge is 0.481 e. The van der Waals surface area contributed by atoms with Crippen LogP contribution in [0.25, 0.3) is 0 Å². The van der Waals surface area contributed by atoms with Crippen molar-refractivity contribution in [3.63, 3.8) is 0 Å². The van der Waals surface area contributed by atoms with Crippen molar-refractivity contribution in [3.8, 4) is 0 Å². The molecule has 0 aliphatic heterocycles. The molecule has 0 saturated heterocycles. The quantitative estimate of drug-likeness (QED) is 0.0181. The van der Waals surface area contributed by atoms with E-state index in [0.717, 1.165) is 75.7 Å². The SMILES string of the molecule is CC(C)C(CC(=O)CCCCCCCSCCCCCC(=O)CCCCOCCOCCOCCCCC(=O)COCC(=O)C(CCC(=O)CCCCCC(NNCC=O)C(=O)O)C(=O)O)C(=O)O. The van der Waals surface area contributed by atoms with Gasteiger partial charge < -0.3 is 39.1 Å². The second-order valence-electron chi connectivity index (χ2n) is 17.8. The lowest BCUT2D eigenvalue weighted by molar-refractivity contribution is -0.148. The Kier molecular flexibility index (Phi) is 43.4. The molecule has 0 aromatic rings. The molecule has 3 atom stereocenters. The van der Waals surface area contributed by atoms with Gasteiger partial charge in [0.05, 0.1) is 38.9 Å². The van der Waals surface area contributed by atoms with Gasteiger partial charge >= 0.3 is 17.9 Å². The number of hydrogen-bond acceptors (Lipinski definition) is 16. The van der Waals surface area contributed by atoms with Crippen molar-refractivity contribution >= 4 is 64.9 Å². The monoisotopic (exact) mass is 1000 g/mol. The molecule has 0 rings (SSSR count). The summed E-state index contributed by atoms with van der Waals surface area (Å²) in [7, 11) is 0. The first-order chi connectivity index (χ1) is 33.2. The summed E-state index contributed by atoms with van der Waals surface area (Å²) < 4.78 is 21.8. The lowest BCUT2D eigenvalue weighted by atomic mass is 9.89. The van der Waals surface area contributed by atoms with Crippen LogP contribution in [0, 0.1) is 17.8 Å². The van der Waals surface area contributed by atoms with Crippen LogP contribution in [-0.2, 0) is 62.1 Å². The van der Waals surface area contributed by atoms with Crippen LogP contribution in [0.4, 0.5) is 0 Å². The van der Waals surface area contributed by atoms with Crippen molar-refractivity contribution in [1.29, 1.82) is 0 Å². The molecule has 398 valence electrons. The number of ether oxygens (including phenoxy) is 4. The maximum absolute atomic E-state index is 12.5. The van der Waals surface area contributed by atoms with Gasteiger partial charge in [-0.15, -0.1) is 0 Å². The zero-order chi connectivity index (χ0) is 51.3. The highest BCUT2D eigenvalue weighted by molar-refractivity contribution is 7.99. The maximum atomic E-state index is 12.5. The fourth-order valence-corrected chi connectivity index (χ4v) is 8.18. The third kappa shape index (κ3) is 40.9. The smallest absolute Gasteiger partial charge is 0.322 e. The fraction of sp³-hybridized carbons (Fsp3) is 0.820. The van der Waals surface area contributed by atoms with E-state index < -0.39 is 48.2 Å². The minimum absolute atomic E-state index is 0.0319. The minimum Gasteiger partial charge on any atom is -0.481 e. The van der Waals surface area contributed by atoms with E-state index in [2.05, 4.69) is 10.9 Å². The Balaban J connectivity index is 3.65. The Morgan fingerprint density at radius 2 is 0.971 bits per heavy atom. The van der Waals surface area contributed by atoms with E-state index in [1.54, 1.807) is 0 Å². The van der Waals surface area contributed by atoms with Gasteiger partial charge in [0.1, 0.15) is 48.8 Å². The van der Waals surface area contributed by atoms with Crippen LogP contribution in [-0.4, -0.2) is 145 Å². The number of Topliss-reactive ketones (excluding diaryl/α,β-unsaturated/α-hetero) is 5. The number of hydrogen-bond donors (Lipinski definition) is 5. The second kappa shape index (κ2) is 45.7. The van der Waals surface area contributed by atoms with Crippen molar-refractivity contribution in [3.05, 3.63) is 0 Å². The van der Waals surface area contributed by atoms with Gasteiger partial charge in [-0.1, -0.05) is 52.4 Å². The number of carboxylic acids is 3. The van der Waals surface area contributed by atoms with Crippen LogP contribution < -0.4 is 10.9 Å². The molecule has 0 heterocycles. The summed E-state index contributed by atoms with van der Waals surface area (Å²) in [6, 6.07) is -0.884. The van der Waals surface area contributed by atoms with Gasteiger partial charge in [-0.05, 0) is 88.1 Å². The molecule has 0 aliphatic carbocycles. The Morgan fingerprint density at radius 3 is 1.51 bits per heavy atom. The highest BCUT2D eigenvalue weighted by atomic mass is 32.2. The summed E-state index contributed by atoms with van der Waals surface area (Å²) in [5.74, 6) is -3.89. The number of thioether (sulfide) groups is 1. The molecule has 0 aromatic carbocycles. The molecule has 0 amide bonds. The molecule has 19 heteroatoms. The van der Waals surface area contributed by atoms with Gasteiger partial charge in [0, 0.05) is 58.2 Å². The molecular weight excluding hydrogens is 917 g/mol. The van der Waals surface area contributed by atoms with E-state index in [-0.39, 0.29) is 74.9 Å². The predicted octanol–water partition coefficient (Wildman–Crippen LogP) is 6.80. The lowest BCUT2D eigenvalue weighted by Crippen LogP contribution is -2.46. The number of ketones is 5. The topological polar surface area (TPSA) is 275 Å². The van der Waals surface area contributed by atoms with Gasteiger partial charge in [0.15, 0.2) is 11.6 Å². The van der Waals surface area contributed by atoms with Crippen molar-refractivity contribution in [1.82, 2.24) is 10.9 Å². The molecular formula is C50H86N2O16S. The van der Waals surface area contributed by atoms with Gasteiger partial charge in [-0.25, -0.2) is 10.9 Å². The predicted molar refractivity (Wildman–Crippen MR) is 262 cm³/mol. The summed E-state index contributed by atoms with van der Waals surface area (Å²) >= 11 is 1.96. The zero-order valence-electron chi connectivity index (χ0n) is 41.7. The number of carboxylic acid groups (broad SMARTS) is 3. The van der Waals surface area contributed by atoms with Crippen LogP contribution in [0.2, 0.25) is 0 Å². The van der Waals surface area contributed by atoms with Gasteiger partial charge in [0.25, 0.3) is 0 Å². The standard InChI is InChI=1S/C50H86N2O16S/c1-39(2)45(49(61)62)36-42(56)21-8-4-3-5-16-34-69-35-17-7-10-18-40(54)20-12-14-28-65-30-32-67-33-31-66-29-15-13-22-43(57)37-68-38-47(58)44(48(59)60)25-24-41(55)19-9-6-11-23-46(50(63)64)52-51-26-27-53/h27,39,44-46,51-52H,3-26,28-38H2,1-2H3,(H,59,60)(H,61,62)(H,63,64). The molecule has 0 bridgehead atoms. The molecule has 69 heavy (non-hydrogen) atoms. The van der Waals surface area contributed by atoms with Crippen LogP contribution in [0.15, 0.2) is 0 Å². The van der Waals surface area contributed by atoms with Gasteiger partial charge in [-0.3, -0.25) is 38.4 Å². The zero-order valence-corrected chi connectivity index (χ0v) is 42.5. The molecule has 0 spiro atoms. The van der Waals surface area contributed by atoms with Crippen molar-refractivity contribution < 1.29 is 77.4 Å². The number of nitrogens with one attached hydrogen (secondary N) is 2. The number of unbranched alkanes of at least 4 members (excludes halogenated alkanes) is 10. The fourth-order valence-electron chi connectivity index (χ4n) is 7.16. The first-order valence-electron chi connectivity index (χ1n) is 25.3. The summed E-state index contributed by atoms with van der Waals surface area (Å²) in [6.07, 6.45) is 15.6. The van der Waals surface area contributed by atoms with E-state index in [0.29, 0.717) is 103 Å². The van der Waals surface area contributed by atoms with E-state index in [4.69, 9.17) is 18.9 Å². The summed E-state index contributed by atoms with van der Waals surface area (Å²) in [6.45, 7) is 5.52. The van der Waals surface area contributed by atoms with Crippen molar-refractivity contribution in [2.75, 3.05) is 70.9 Å². The normalized spacial score (nSPS) is 12.7. The summed E-state index contributed by atoms with van der Waals surface area (Å²) in [5, 5.41) is 28.0. The lowest BCUT2D eigenvalue weighted by Gasteiger charge is -2.14. The van der Waals surface area contributed by atoms with Crippen LogP contribution in [0.1, 0.15) is 168 Å². The number of aldehydes is 1. The molecule has 3 unspecified atom stereocenters. The number of carbonyl (C=O) groups excluding carboxylic acids is 6. The van der Waals surface area contributed by atoms with E-state index in [1.807, 2.05) is 25.6 Å². The molecule has 0 fully saturated rings. The Morgan fingerprint density at radius 1 is 0.493 bits per heavy atom. The summed E-state index contributed by atoms with van der Waals surface area (Å²) in [5.41, 5.74) is 5.05. The first-order valence-corrected chi connectivity index (χ1v) is 26.4. The van der Waals surface area contributed by atoms with Gasteiger partial charge in [-0.2, -0.15) is 11.8 Å². The highest BCUT2D eigenvalue weighted by Gasteiger charge is 2.27. The minimum atomic E-state index is -1.42. The molecule has 5 N–H and O–H groups in total.